The van der Waals surface area contributed by atoms with Gasteiger partial charge in [0.15, 0.2) is 9.84 Å². The van der Waals surface area contributed by atoms with E-state index in [0.717, 1.165) is 53.0 Å². The van der Waals surface area contributed by atoms with Crippen LogP contribution in [0, 0.1) is 19.3 Å². The fourth-order valence-electron chi connectivity index (χ4n) is 4.57. The maximum atomic E-state index is 12.2. The van der Waals surface area contributed by atoms with Crippen molar-refractivity contribution in [1.29, 1.82) is 0 Å². The van der Waals surface area contributed by atoms with Crippen LogP contribution in [0.15, 0.2) is 35.2 Å². The third-order valence-electron chi connectivity index (χ3n) is 6.00. The molecular weight excluding hydrogens is 396 g/mol. The molecule has 3 rings (SSSR count). The van der Waals surface area contributed by atoms with Crippen LogP contribution in [-0.4, -0.2) is 27.1 Å². The smallest absolute Gasteiger partial charge is 0.225 e. The van der Waals surface area contributed by atoms with E-state index >= 15 is 0 Å². The zero-order chi connectivity index (χ0) is 22.4. The standard InChI is InChI=1S/C24H32N2O3S/c1-15-11-19(12-16(2)21(15)22(23(25)27)24(3,4)5)26-10-9-17-13-20(30(6,28)29)8-7-18(17)14-26/h7-8,11-13,22H,9-10,14H2,1-6H3,(H2,25,27). The van der Waals surface area contributed by atoms with Crippen molar-refractivity contribution in [3.8, 4) is 0 Å². The highest BCUT2D eigenvalue weighted by atomic mass is 32.2. The largest absolute Gasteiger partial charge is 0.369 e. The van der Waals surface area contributed by atoms with Crippen LogP contribution >= 0.6 is 0 Å². The minimum absolute atomic E-state index is 0.260. The summed E-state index contributed by atoms with van der Waals surface area (Å²) in [6.45, 7) is 11.8. The van der Waals surface area contributed by atoms with Gasteiger partial charge < -0.3 is 10.6 Å². The number of aryl methyl sites for hydroxylation is 2. The highest BCUT2D eigenvalue weighted by molar-refractivity contribution is 7.90. The highest BCUT2D eigenvalue weighted by Crippen LogP contribution is 2.40. The summed E-state index contributed by atoms with van der Waals surface area (Å²) in [7, 11) is -3.20. The van der Waals surface area contributed by atoms with E-state index in [1.54, 1.807) is 6.07 Å². The van der Waals surface area contributed by atoms with Gasteiger partial charge in [0.2, 0.25) is 5.91 Å². The Hall–Kier alpha value is -2.34. The van der Waals surface area contributed by atoms with Crippen molar-refractivity contribution in [2.24, 2.45) is 11.1 Å². The molecular formula is C24H32N2O3S. The van der Waals surface area contributed by atoms with E-state index in [9.17, 15) is 13.2 Å². The number of hydrogen-bond donors (Lipinski definition) is 1. The Labute approximate surface area is 180 Å². The van der Waals surface area contributed by atoms with Crippen molar-refractivity contribution in [1.82, 2.24) is 0 Å². The predicted octanol–water partition coefficient (Wildman–Crippen LogP) is 3.88. The van der Waals surface area contributed by atoms with E-state index in [2.05, 4.69) is 17.0 Å². The zero-order valence-electron chi connectivity index (χ0n) is 18.7. The van der Waals surface area contributed by atoms with Gasteiger partial charge in [-0.2, -0.15) is 0 Å². The van der Waals surface area contributed by atoms with Crippen molar-refractivity contribution in [2.45, 2.75) is 58.4 Å². The average Bonchev–Trinajstić information content (AvgIpc) is 2.61. The van der Waals surface area contributed by atoms with Crippen molar-refractivity contribution < 1.29 is 13.2 Å². The maximum Gasteiger partial charge on any atom is 0.225 e. The lowest BCUT2D eigenvalue weighted by Gasteiger charge is -2.34. The lowest BCUT2D eigenvalue weighted by atomic mass is 9.73. The number of carbonyl (C=O) groups excluding carboxylic acids is 1. The number of fused-ring (bicyclic) bond motifs is 1. The van der Waals surface area contributed by atoms with Gasteiger partial charge in [-0.15, -0.1) is 0 Å². The third kappa shape index (κ3) is 4.38. The van der Waals surface area contributed by atoms with Crippen LogP contribution in [-0.2, 0) is 27.6 Å². The Kier molecular flexibility index (Phi) is 5.76. The molecule has 30 heavy (non-hydrogen) atoms. The van der Waals surface area contributed by atoms with E-state index in [1.807, 2.05) is 46.8 Å². The first-order valence-electron chi connectivity index (χ1n) is 10.3. The topological polar surface area (TPSA) is 80.5 Å². The molecule has 162 valence electrons. The summed E-state index contributed by atoms with van der Waals surface area (Å²) in [6, 6.07) is 9.70. The molecule has 1 atom stereocenters. The summed E-state index contributed by atoms with van der Waals surface area (Å²) in [5.41, 5.74) is 12.0. The molecule has 1 unspecified atom stereocenters. The number of sulfone groups is 1. The molecule has 0 saturated carbocycles. The minimum Gasteiger partial charge on any atom is -0.369 e. The molecule has 2 N–H and O–H groups in total. The first-order chi connectivity index (χ1) is 13.8. The number of benzene rings is 2. The van der Waals surface area contributed by atoms with Gasteiger partial charge in [-0.25, -0.2) is 8.42 Å². The van der Waals surface area contributed by atoms with Gasteiger partial charge in [0.1, 0.15) is 0 Å². The first-order valence-corrected chi connectivity index (χ1v) is 12.2. The molecule has 5 nitrogen and oxygen atoms in total. The Morgan fingerprint density at radius 3 is 2.17 bits per heavy atom. The number of rotatable bonds is 4. The van der Waals surface area contributed by atoms with Crippen molar-refractivity contribution in [2.75, 3.05) is 17.7 Å². The highest BCUT2D eigenvalue weighted by Gasteiger charge is 2.33. The Morgan fingerprint density at radius 2 is 1.67 bits per heavy atom. The van der Waals surface area contributed by atoms with Crippen molar-refractivity contribution in [3.63, 3.8) is 0 Å². The second-order valence-corrected chi connectivity index (χ2v) is 11.6. The zero-order valence-corrected chi connectivity index (χ0v) is 19.6. The Bertz CT molecular complexity index is 1070. The average molecular weight is 429 g/mol. The first kappa shape index (κ1) is 22.3. The number of hydrogen-bond acceptors (Lipinski definition) is 4. The minimum atomic E-state index is -3.20. The van der Waals surface area contributed by atoms with Crippen molar-refractivity contribution in [3.05, 3.63) is 58.1 Å². The van der Waals surface area contributed by atoms with Crippen LogP contribution in [0.2, 0.25) is 0 Å². The van der Waals surface area contributed by atoms with E-state index in [4.69, 9.17) is 5.73 Å². The Balaban J connectivity index is 1.94. The number of amides is 1. The molecule has 2 aromatic carbocycles. The Morgan fingerprint density at radius 1 is 1.07 bits per heavy atom. The van der Waals surface area contributed by atoms with Crippen LogP contribution in [0.5, 0.6) is 0 Å². The number of carbonyl (C=O) groups is 1. The third-order valence-corrected chi connectivity index (χ3v) is 7.11. The van der Waals surface area contributed by atoms with Gasteiger partial charge >= 0.3 is 0 Å². The lowest BCUT2D eigenvalue weighted by molar-refractivity contribution is -0.121. The molecule has 0 aliphatic carbocycles. The van der Waals surface area contributed by atoms with E-state index < -0.39 is 9.84 Å². The molecule has 1 amide bonds. The molecule has 0 bridgehead atoms. The van der Waals surface area contributed by atoms with E-state index in [1.165, 1.54) is 6.26 Å². The van der Waals surface area contributed by atoms with Crippen LogP contribution < -0.4 is 10.6 Å². The SMILES string of the molecule is Cc1cc(N2CCc3cc(S(C)(=O)=O)ccc3C2)cc(C)c1C(C(N)=O)C(C)(C)C. The molecule has 1 aliphatic rings. The van der Waals surface area contributed by atoms with Crippen molar-refractivity contribution >= 4 is 21.4 Å². The number of nitrogens with zero attached hydrogens (tertiary/aromatic N) is 1. The van der Waals surface area contributed by atoms with Gasteiger partial charge in [-0.3, -0.25) is 4.79 Å². The summed E-state index contributed by atoms with van der Waals surface area (Å²) in [5, 5.41) is 0. The molecule has 1 heterocycles. The molecule has 0 aromatic heterocycles. The van der Waals surface area contributed by atoms with Gasteiger partial charge in [-0.05, 0) is 77.8 Å². The number of nitrogens with two attached hydrogens (primary N) is 1. The second-order valence-electron chi connectivity index (χ2n) is 9.57. The second kappa shape index (κ2) is 7.73. The number of primary amides is 1. The fraction of sp³-hybridized carbons (Fsp3) is 0.458. The van der Waals surface area contributed by atoms with Gasteiger partial charge in [-0.1, -0.05) is 26.8 Å². The van der Waals surface area contributed by atoms with Crippen LogP contribution in [0.3, 0.4) is 0 Å². The summed E-state index contributed by atoms with van der Waals surface area (Å²) < 4.78 is 23.7. The molecule has 0 fully saturated rings. The summed E-state index contributed by atoms with van der Waals surface area (Å²) in [6.07, 6.45) is 2.04. The molecule has 6 heteroatoms. The lowest BCUT2D eigenvalue weighted by Crippen LogP contribution is -2.33. The van der Waals surface area contributed by atoms with E-state index in [-0.39, 0.29) is 17.2 Å². The van der Waals surface area contributed by atoms with Crippen LogP contribution in [0.4, 0.5) is 5.69 Å². The molecule has 0 saturated heterocycles. The summed E-state index contributed by atoms with van der Waals surface area (Å²) in [4.78, 5) is 14.9. The normalized spacial score (nSPS) is 15.6. The van der Waals surface area contributed by atoms with Crippen LogP contribution in [0.1, 0.15) is 54.5 Å². The number of anilines is 1. The molecule has 1 aliphatic heterocycles. The maximum absolute atomic E-state index is 12.2. The molecule has 0 spiro atoms. The summed E-state index contributed by atoms with van der Waals surface area (Å²) in [5.74, 6) is -0.641. The van der Waals surface area contributed by atoms with E-state index in [0.29, 0.717) is 4.90 Å². The molecule has 2 aromatic rings. The molecule has 0 radical (unpaired) electrons. The monoisotopic (exact) mass is 428 g/mol. The predicted molar refractivity (Wildman–Crippen MR) is 122 cm³/mol. The fourth-order valence-corrected chi connectivity index (χ4v) is 5.24. The van der Waals surface area contributed by atoms with Crippen LogP contribution in [0.25, 0.3) is 0 Å². The van der Waals surface area contributed by atoms with Gasteiger partial charge in [0.05, 0.1) is 10.8 Å². The van der Waals surface area contributed by atoms with Gasteiger partial charge in [0.25, 0.3) is 0 Å². The summed E-state index contributed by atoms with van der Waals surface area (Å²) >= 11 is 0. The van der Waals surface area contributed by atoms with Gasteiger partial charge in [0, 0.05) is 25.0 Å². The quantitative estimate of drug-likeness (QED) is 0.801.